The van der Waals surface area contributed by atoms with Crippen LogP contribution < -0.4 is 0 Å². The minimum absolute atomic E-state index is 0.0757. The molecular formula is C20H28N2O2. The Labute approximate surface area is 144 Å². The average molecular weight is 328 g/mol. The van der Waals surface area contributed by atoms with Crippen LogP contribution in [0.2, 0.25) is 0 Å². The maximum atomic E-state index is 12.3. The molecule has 1 spiro atoms. The number of likely N-dealkylation sites (tertiary alicyclic amines) is 1. The van der Waals surface area contributed by atoms with Crippen LogP contribution in [0, 0.1) is 5.41 Å². The lowest BCUT2D eigenvalue weighted by atomic mass is 9.79. The van der Waals surface area contributed by atoms with E-state index in [1.165, 1.54) is 0 Å². The van der Waals surface area contributed by atoms with Gasteiger partial charge in [-0.1, -0.05) is 56.3 Å². The highest BCUT2D eigenvalue weighted by atomic mass is 16.7. The Bertz CT molecular complexity index is 608. The number of ketones is 1. The molecule has 4 heteroatoms. The van der Waals surface area contributed by atoms with Gasteiger partial charge in [0.2, 0.25) is 0 Å². The van der Waals surface area contributed by atoms with E-state index in [0.717, 1.165) is 43.6 Å². The summed E-state index contributed by atoms with van der Waals surface area (Å²) in [6.07, 6.45) is 3.36. The second-order valence-electron chi connectivity index (χ2n) is 8.22. The van der Waals surface area contributed by atoms with E-state index in [9.17, 15) is 4.79 Å². The first-order valence-corrected chi connectivity index (χ1v) is 8.90. The first-order valence-electron chi connectivity index (χ1n) is 8.90. The van der Waals surface area contributed by atoms with Gasteiger partial charge in [-0.2, -0.15) is 0 Å². The second kappa shape index (κ2) is 6.67. The van der Waals surface area contributed by atoms with Gasteiger partial charge in [0.15, 0.2) is 5.78 Å². The normalized spacial score (nSPS) is 20.7. The van der Waals surface area contributed by atoms with Crippen LogP contribution >= 0.6 is 0 Å². The highest BCUT2D eigenvalue weighted by molar-refractivity contribution is 5.90. The zero-order chi connectivity index (χ0) is 17.2. The summed E-state index contributed by atoms with van der Waals surface area (Å²) in [5.41, 5.74) is 2.21. The fourth-order valence-corrected chi connectivity index (χ4v) is 3.44. The van der Waals surface area contributed by atoms with Crippen LogP contribution in [-0.4, -0.2) is 41.6 Å². The van der Waals surface area contributed by atoms with Crippen molar-refractivity contribution in [2.24, 2.45) is 10.6 Å². The summed E-state index contributed by atoms with van der Waals surface area (Å²) in [5.74, 6) is 0.288. The summed E-state index contributed by atoms with van der Waals surface area (Å²) in [7, 11) is 0. The fourth-order valence-electron chi connectivity index (χ4n) is 3.44. The minimum Gasteiger partial charge on any atom is -0.389 e. The lowest BCUT2D eigenvalue weighted by molar-refractivity contribution is -0.121. The number of hydrogen-bond acceptors (Lipinski definition) is 4. The Hall–Kier alpha value is -1.68. The topological polar surface area (TPSA) is 41.9 Å². The number of benzene rings is 1. The van der Waals surface area contributed by atoms with E-state index in [-0.39, 0.29) is 16.8 Å². The van der Waals surface area contributed by atoms with Crippen molar-refractivity contribution in [2.45, 2.75) is 52.1 Å². The molecule has 0 bridgehead atoms. The van der Waals surface area contributed by atoms with Gasteiger partial charge in [0.05, 0.1) is 12.3 Å². The number of Topliss-reactive ketones (excluding diaryl/α,β-unsaturated/α-hetero) is 1. The van der Waals surface area contributed by atoms with Gasteiger partial charge in [-0.15, -0.1) is 0 Å². The zero-order valence-corrected chi connectivity index (χ0v) is 15.0. The first-order chi connectivity index (χ1) is 11.4. The van der Waals surface area contributed by atoms with E-state index < -0.39 is 0 Å². The lowest BCUT2D eigenvalue weighted by Gasteiger charge is -2.37. The standard InChI is InChI=1S/C20H28N2O2/c1-19(2,3)18-14-20(24-21-18)9-11-22(12-10-20)15-17(23)13-16-7-5-4-6-8-16/h4-8H,9-15H2,1-3H3. The minimum atomic E-state index is -0.123. The van der Waals surface area contributed by atoms with Crippen molar-refractivity contribution in [1.82, 2.24) is 4.90 Å². The fraction of sp³-hybridized carbons (Fsp3) is 0.600. The van der Waals surface area contributed by atoms with Gasteiger partial charge in [-0.25, -0.2) is 0 Å². The summed E-state index contributed by atoms with van der Waals surface area (Å²) >= 11 is 0. The van der Waals surface area contributed by atoms with E-state index in [4.69, 9.17) is 4.84 Å². The van der Waals surface area contributed by atoms with Crippen LogP contribution in [0.1, 0.15) is 45.6 Å². The van der Waals surface area contributed by atoms with Gasteiger partial charge in [0.1, 0.15) is 5.60 Å². The predicted molar refractivity (Wildman–Crippen MR) is 96.2 cm³/mol. The molecule has 2 aliphatic rings. The molecule has 0 saturated carbocycles. The summed E-state index contributed by atoms with van der Waals surface area (Å²) in [6, 6.07) is 9.98. The maximum absolute atomic E-state index is 12.3. The molecule has 0 amide bonds. The van der Waals surface area contributed by atoms with Crippen molar-refractivity contribution in [3.63, 3.8) is 0 Å². The third-order valence-electron chi connectivity index (χ3n) is 5.12. The Morgan fingerprint density at radius 3 is 2.46 bits per heavy atom. The summed E-state index contributed by atoms with van der Waals surface area (Å²) in [6.45, 7) is 8.92. The van der Waals surface area contributed by atoms with Crippen LogP contribution in [0.15, 0.2) is 35.5 Å². The average Bonchev–Trinajstić information content (AvgIpc) is 2.95. The SMILES string of the molecule is CC(C)(C)C1=NOC2(CCN(CC(=O)Cc3ccccc3)CC2)C1. The molecule has 1 fully saturated rings. The monoisotopic (exact) mass is 328 g/mol. The van der Waals surface area contributed by atoms with Crippen molar-refractivity contribution in [3.05, 3.63) is 35.9 Å². The molecule has 2 heterocycles. The molecule has 2 aliphatic heterocycles. The molecule has 0 radical (unpaired) electrons. The molecule has 0 aromatic heterocycles. The Balaban J connectivity index is 1.47. The molecule has 0 atom stereocenters. The molecule has 0 aliphatic carbocycles. The maximum Gasteiger partial charge on any atom is 0.151 e. The molecule has 0 unspecified atom stereocenters. The van der Waals surface area contributed by atoms with Crippen LogP contribution in [0.5, 0.6) is 0 Å². The Kier molecular flexibility index (Phi) is 4.77. The van der Waals surface area contributed by atoms with Gasteiger partial charge in [-0.3, -0.25) is 9.69 Å². The van der Waals surface area contributed by atoms with E-state index in [1.807, 2.05) is 30.3 Å². The van der Waals surface area contributed by atoms with Crippen molar-refractivity contribution < 1.29 is 9.63 Å². The highest BCUT2D eigenvalue weighted by Crippen LogP contribution is 2.38. The van der Waals surface area contributed by atoms with E-state index in [1.54, 1.807) is 0 Å². The van der Waals surface area contributed by atoms with Gasteiger partial charge >= 0.3 is 0 Å². The summed E-state index contributed by atoms with van der Waals surface area (Å²) in [5, 5.41) is 4.36. The third-order valence-corrected chi connectivity index (χ3v) is 5.12. The van der Waals surface area contributed by atoms with E-state index >= 15 is 0 Å². The lowest BCUT2D eigenvalue weighted by Crippen LogP contribution is -2.46. The van der Waals surface area contributed by atoms with Gasteiger partial charge in [0.25, 0.3) is 0 Å². The third kappa shape index (κ3) is 4.04. The molecular weight excluding hydrogens is 300 g/mol. The number of carbonyl (C=O) groups excluding carboxylic acids is 1. The molecule has 1 saturated heterocycles. The molecule has 0 N–H and O–H groups in total. The molecule has 130 valence electrons. The summed E-state index contributed by atoms with van der Waals surface area (Å²) in [4.78, 5) is 20.4. The Morgan fingerprint density at radius 1 is 1.21 bits per heavy atom. The number of piperidine rings is 1. The van der Waals surface area contributed by atoms with Gasteiger partial charge in [0, 0.05) is 44.2 Å². The highest BCUT2D eigenvalue weighted by Gasteiger charge is 2.44. The zero-order valence-electron chi connectivity index (χ0n) is 15.0. The van der Waals surface area contributed by atoms with Crippen molar-refractivity contribution in [3.8, 4) is 0 Å². The number of nitrogens with zero attached hydrogens (tertiary/aromatic N) is 2. The first kappa shape index (κ1) is 17.2. The molecule has 24 heavy (non-hydrogen) atoms. The molecule has 3 rings (SSSR count). The quantitative estimate of drug-likeness (QED) is 0.850. The largest absolute Gasteiger partial charge is 0.389 e. The van der Waals surface area contributed by atoms with E-state index in [0.29, 0.717) is 13.0 Å². The van der Waals surface area contributed by atoms with Gasteiger partial charge in [-0.05, 0) is 5.56 Å². The number of carbonyl (C=O) groups is 1. The van der Waals surface area contributed by atoms with E-state index in [2.05, 4.69) is 30.8 Å². The smallest absolute Gasteiger partial charge is 0.151 e. The Morgan fingerprint density at radius 2 is 1.88 bits per heavy atom. The van der Waals surface area contributed by atoms with Crippen molar-refractivity contribution >= 4 is 11.5 Å². The van der Waals surface area contributed by atoms with Crippen LogP contribution in [-0.2, 0) is 16.1 Å². The number of oxime groups is 1. The molecule has 1 aromatic rings. The predicted octanol–water partition coefficient (Wildman–Crippen LogP) is 3.46. The molecule has 1 aromatic carbocycles. The van der Waals surface area contributed by atoms with Crippen LogP contribution in [0.25, 0.3) is 0 Å². The van der Waals surface area contributed by atoms with Crippen LogP contribution in [0.3, 0.4) is 0 Å². The molecule has 4 nitrogen and oxygen atoms in total. The van der Waals surface area contributed by atoms with Crippen molar-refractivity contribution in [2.75, 3.05) is 19.6 Å². The van der Waals surface area contributed by atoms with Gasteiger partial charge < -0.3 is 4.84 Å². The van der Waals surface area contributed by atoms with Crippen molar-refractivity contribution in [1.29, 1.82) is 0 Å². The second-order valence-corrected chi connectivity index (χ2v) is 8.22. The number of rotatable bonds is 4. The van der Waals surface area contributed by atoms with Crippen LogP contribution in [0.4, 0.5) is 0 Å². The summed E-state index contributed by atoms with van der Waals surface area (Å²) < 4.78 is 0. The number of hydrogen-bond donors (Lipinski definition) is 0.